The van der Waals surface area contributed by atoms with E-state index in [0.29, 0.717) is 52.6 Å². The number of esters is 2. The van der Waals surface area contributed by atoms with Crippen LogP contribution in [0.1, 0.15) is 13.8 Å². The highest BCUT2D eigenvalue weighted by atomic mass is 32.2. The van der Waals surface area contributed by atoms with Gasteiger partial charge in [-0.2, -0.15) is 0 Å². The molecule has 0 saturated carbocycles. The molecule has 2 saturated heterocycles. The van der Waals surface area contributed by atoms with Crippen molar-refractivity contribution in [3.63, 3.8) is 0 Å². The second-order valence-electron chi connectivity index (χ2n) is 7.40. The molecule has 0 bridgehead atoms. The molecular weight excluding hydrogens is 484 g/mol. The number of ether oxygens (including phenoxy) is 4. The van der Waals surface area contributed by atoms with Crippen molar-refractivity contribution in [2.45, 2.75) is 13.8 Å². The maximum absolute atomic E-state index is 13.9. The Kier molecular flexibility index (Phi) is 10.3. The van der Waals surface area contributed by atoms with Crippen LogP contribution in [0, 0.1) is 0 Å². The number of carbonyl (C=O) groups excluding carboxylic acids is 4. The van der Waals surface area contributed by atoms with Crippen LogP contribution < -0.4 is 0 Å². The summed E-state index contributed by atoms with van der Waals surface area (Å²) < 4.78 is 20.9. The summed E-state index contributed by atoms with van der Waals surface area (Å²) in [7, 11) is 0. The first kappa shape index (κ1) is 26.6. The van der Waals surface area contributed by atoms with E-state index in [1.165, 1.54) is 0 Å². The predicted octanol–water partition coefficient (Wildman–Crippen LogP) is 0.818. The Bertz CT molecular complexity index is 791. The molecule has 188 valence electrons. The van der Waals surface area contributed by atoms with E-state index in [2.05, 4.69) is 0 Å². The Morgan fingerprint density at radius 1 is 0.735 bits per heavy atom. The molecule has 34 heavy (non-hydrogen) atoms. The van der Waals surface area contributed by atoms with Crippen molar-refractivity contribution in [1.82, 2.24) is 9.80 Å². The number of nitrogens with zero attached hydrogens (tertiary/aromatic N) is 2. The van der Waals surface area contributed by atoms with Crippen molar-refractivity contribution in [3.8, 4) is 0 Å². The molecule has 2 fully saturated rings. The number of morpholine rings is 2. The minimum absolute atomic E-state index is 0.0856. The molecule has 10 nitrogen and oxygen atoms in total. The van der Waals surface area contributed by atoms with Gasteiger partial charge in [0.25, 0.3) is 0 Å². The number of Topliss-reactive ketones (excluding diaryl/α,β-unsaturated/α-hetero) is 2. The Hall–Kier alpha value is -2.02. The lowest BCUT2D eigenvalue weighted by molar-refractivity contribution is -0.140. The highest BCUT2D eigenvalue weighted by Crippen LogP contribution is 2.39. The van der Waals surface area contributed by atoms with Gasteiger partial charge in [0.2, 0.25) is 11.6 Å². The Morgan fingerprint density at radius 2 is 1.09 bits per heavy atom. The predicted molar refractivity (Wildman–Crippen MR) is 127 cm³/mol. The summed E-state index contributed by atoms with van der Waals surface area (Å²) in [5.41, 5.74) is 0.511. The van der Waals surface area contributed by atoms with Crippen LogP contribution in [0.25, 0.3) is 0 Å². The normalized spacial score (nSPS) is 19.6. The fourth-order valence-electron chi connectivity index (χ4n) is 3.72. The van der Waals surface area contributed by atoms with Crippen LogP contribution in [0.3, 0.4) is 0 Å². The number of allylic oxidation sites excluding steroid dienone is 2. The average Bonchev–Trinajstić information content (AvgIpc) is 2.84. The minimum Gasteiger partial charge on any atom is -0.465 e. The van der Waals surface area contributed by atoms with Gasteiger partial charge in [0.1, 0.15) is 11.4 Å². The lowest BCUT2D eigenvalue weighted by atomic mass is 10.0. The summed E-state index contributed by atoms with van der Waals surface area (Å²) in [6, 6.07) is 0. The van der Waals surface area contributed by atoms with Crippen molar-refractivity contribution < 1.29 is 38.1 Å². The molecule has 3 rings (SSSR count). The Labute approximate surface area is 207 Å². The molecular formula is C22H30N2O8S2. The van der Waals surface area contributed by atoms with Crippen LogP contribution in [0.15, 0.2) is 21.2 Å². The number of carbonyl (C=O) groups is 4. The van der Waals surface area contributed by atoms with Crippen LogP contribution in [-0.2, 0) is 38.1 Å². The van der Waals surface area contributed by atoms with Crippen molar-refractivity contribution in [1.29, 1.82) is 0 Å². The van der Waals surface area contributed by atoms with Gasteiger partial charge in [-0.1, -0.05) is 0 Å². The maximum atomic E-state index is 13.9. The fourth-order valence-corrected chi connectivity index (χ4v) is 5.58. The zero-order valence-electron chi connectivity index (χ0n) is 19.5. The molecule has 1 aliphatic carbocycles. The van der Waals surface area contributed by atoms with Gasteiger partial charge in [0.05, 0.1) is 61.0 Å². The van der Waals surface area contributed by atoms with Gasteiger partial charge in [-0.25, -0.2) is 0 Å². The van der Waals surface area contributed by atoms with Crippen LogP contribution >= 0.6 is 23.5 Å². The van der Waals surface area contributed by atoms with Crippen LogP contribution in [0.4, 0.5) is 0 Å². The number of hydrogen-bond donors (Lipinski definition) is 0. The number of ketones is 2. The van der Waals surface area contributed by atoms with Crippen molar-refractivity contribution in [2.24, 2.45) is 0 Å². The van der Waals surface area contributed by atoms with Crippen LogP contribution in [-0.4, -0.2) is 111 Å². The van der Waals surface area contributed by atoms with E-state index in [-0.39, 0.29) is 57.5 Å². The Balaban J connectivity index is 1.99. The first-order chi connectivity index (χ1) is 16.5. The lowest BCUT2D eigenvalue weighted by Gasteiger charge is -2.37. The first-order valence-electron chi connectivity index (χ1n) is 11.3. The van der Waals surface area contributed by atoms with Gasteiger partial charge < -0.3 is 28.7 Å². The van der Waals surface area contributed by atoms with Gasteiger partial charge >= 0.3 is 11.9 Å². The summed E-state index contributed by atoms with van der Waals surface area (Å²) in [6.07, 6.45) is 0. The van der Waals surface area contributed by atoms with E-state index < -0.39 is 11.9 Å². The molecule has 0 spiro atoms. The van der Waals surface area contributed by atoms with Crippen molar-refractivity contribution >= 4 is 47.0 Å². The third-order valence-corrected chi connectivity index (χ3v) is 7.30. The van der Waals surface area contributed by atoms with Crippen LogP contribution in [0.5, 0.6) is 0 Å². The van der Waals surface area contributed by atoms with Crippen molar-refractivity contribution in [2.75, 3.05) is 77.3 Å². The second kappa shape index (κ2) is 13.2. The SMILES string of the molecule is CCOC(=O)CSC1=C(N2CCOCC2)C(=O)C(SCC(=O)OCC)=C(N2CCOCC2)C1=O. The number of thioether (sulfide) groups is 2. The Morgan fingerprint density at radius 3 is 1.41 bits per heavy atom. The quantitative estimate of drug-likeness (QED) is 0.304. The molecule has 0 aromatic heterocycles. The maximum Gasteiger partial charge on any atom is 0.316 e. The van der Waals surface area contributed by atoms with E-state index in [9.17, 15) is 19.2 Å². The smallest absolute Gasteiger partial charge is 0.316 e. The van der Waals surface area contributed by atoms with Crippen molar-refractivity contribution in [3.05, 3.63) is 21.2 Å². The summed E-state index contributed by atoms with van der Waals surface area (Å²) in [5.74, 6) is -1.75. The van der Waals surface area contributed by atoms with E-state index in [4.69, 9.17) is 18.9 Å². The summed E-state index contributed by atoms with van der Waals surface area (Å²) in [4.78, 5) is 55.9. The summed E-state index contributed by atoms with van der Waals surface area (Å²) in [6.45, 7) is 7.36. The van der Waals surface area contributed by atoms with E-state index in [0.717, 1.165) is 23.5 Å². The zero-order valence-corrected chi connectivity index (χ0v) is 21.1. The molecule has 0 aromatic rings. The summed E-state index contributed by atoms with van der Waals surface area (Å²) >= 11 is 2.04. The third kappa shape index (κ3) is 6.55. The van der Waals surface area contributed by atoms with Gasteiger partial charge in [-0.05, 0) is 13.8 Å². The summed E-state index contributed by atoms with van der Waals surface area (Å²) in [5, 5.41) is 0. The highest BCUT2D eigenvalue weighted by molar-refractivity contribution is 8.05. The first-order valence-corrected chi connectivity index (χ1v) is 13.2. The highest BCUT2D eigenvalue weighted by Gasteiger charge is 2.41. The van der Waals surface area contributed by atoms with E-state index >= 15 is 0 Å². The molecule has 0 aromatic carbocycles. The molecule has 0 amide bonds. The topological polar surface area (TPSA) is 112 Å². The van der Waals surface area contributed by atoms with Gasteiger partial charge in [0.15, 0.2) is 0 Å². The standard InChI is InChI=1S/C22H30N2O8S2/c1-3-31-15(25)13-33-21-17(23-5-9-29-10-6-23)20(28)22(34-14-16(26)32-4-2)18(19(21)27)24-7-11-30-12-8-24/h3-14H2,1-2H3. The molecule has 0 N–H and O–H groups in total. The molecule has 12 heteroatoms. The molecule has 0 unspecified atom stereocenters. The number of rotatable bonds is 10. The van der Waals surface area contributed by atoms with E-state index in [1.54, 1.807) is 13.8 Å². The molecule has 2 aliphatic heterocycles. The van der Waals surface area contributed by atoms with E-state index in [1.807, 2.05) is 9.80 Å². The molecule has 2 heterocycles. The monoisotopic (exact) mass is 514 g/mol. The third-order valence-electron chi connectivity index (χ3n) is 5.21. The van der Waals surface area contributed by atoms with Gasteiger partial charge in [-0.15, -0.1) is 23.5 Å². The molecule has 3 aliphatic rings. The largest absolute Gasteiger partial charge is 0.465 e. The molecule has 0 radical (unpaired) electrons. The zero-order chi connectivity index (χ0) is 24.5. The minimum atomic E-state index is -0.457. The second-order valence-corrected chi connectivity index (χ2v) is 9.37. The van der Waals surface area contributed by atoms with Gasteiger partial charge in [0, 0.05) is 26.2 Å². The molecule has 0 atom stereocenters. The average molecular weight is 515 g/mol. The fraction of sp³-hybridized carbons (Fsp3) is 0.636. The van der Waals surface area contributed by atoms with Gasteiger partial charge in [-0.3, -0.25) is 19.2 Å². The van der Waals surface area contributed by atoms with Crippen LogP contribution in [0.2, 0.25) is 0 Å². The lowest BCUT2D eigenvalue weighted by Crippen LogP contribution is -2.45. The number of hydrogen-bond acceptors (Lipinski definition) is 12.